The zero-order valence-corrected chi connectivity index (χ0v) is 13.0. The number of nitrogens with one attached hydrogen (secondary N) is 1. The predicted octanol–water partition coefficient (Wildman–Crippen LogP) is 3.28. The Balaban J connectivity index is 1.53. The standard InChI is InChI=1S/C17H32N2/c1-14(2)17(8-9-17)13-19-11-10-18-16(12-19)15-6-4-3-5-7-15/h14-16,18H,3-13H2,1-2H3. The van der Waals surface area contributed by atoms with Gasteiger partial charge in [-0.05, 0) is 42.9 Å². The minimum absolute atomic E-state index is 0.689. The molecule has 2 saturated carbocycles. The molecule has 0 aromatic heterocycles. The predicted molar refractivity (Wildman–Crippen MR) is 81.3 cm³/mol. The number of hydrogen-bond acceptors (Lipinski definition) is 2. The second-order valence-corrected chi connectivity index (χ2v) is 7.71. The fraction of sp³-hybridized carbons (Fsp3) is 1.00. The molecule has 1 saturated heterocycles. The van der Waals surface area contributed by atoms with E-state index in [4.69, 9.17) is 0 Å². The highest BCUT2D eigenvalue weighted by Gasteiger charge is 2.46. The van der Waals surface area contributed by atoms with Gasteiger partial charge in [-0.15, -0.1) is 0 Å². The van der Waals surface area contributed by atoms with E-state index in [2.05, 4.69) is 24.1 Å². The van der Waals surface area contributed by atoms with E-state index in [1.165, 1.54) is 71.1 Å². The summed E-state index contributed by atoms with van der Waals surface area (Å²) in [5.74, 6) is 1.83. The molecule has 0 aromatic rings. The lowest BCUT2D eigenvalue weighted by atomic mass is 9.82. The molecule has 1 unspecified atom stereocenters. The second-order valence-electron chi connectivity index (χ2n) is 7.71. The van der Waals surface area contributed by atoms with Crippen molar-refractivity contribution in [1.82, 2.24) is 10.2 Å². The monoisotopic (exact) mass is 264 g/mol. The Morgan fingerprint density at radius 3 is 2.53 bits per heavy atom. The van der Waals surface area contributed by atoms with Gasteiger partial charge in [0.25, 0.3) is 0 Å². The van der Waals surface area contributed by atoms with Crippen molar-refractivity contribution in [2.75, 3.05) is 26.2 Å². The van der Waals surface area contributed by atoms with Gasteiger partial charge < -0.3 is 5.32 Å². The molecule has 1 N–H and O–H groups in total. The molecule has 110 valence electrons. The number of nitrogens with zero attached hydrogens (tertiary/aromatic N) is 1. The summed E-state index contributed by atoms with van der Waals surface area (Å²) in [6.45, 7) is 10.0. The zero-order valence-electron chi connectivity index (χ0n) is 13.0. The molecule has 3 aliphatic rings. The topological polar surface area (TPSA) is 15.3 Å². The third-order valence-corrected chi connectivity index (χ3v) is 6.16. The Kier molecular flexibility index (Phi) is 4.19. The van der Waals surface area contributed by atoms with Crippen LogP contribution in [0.15, 0.2) is 0 Å². The summed E-state index contributed by atoms with van der Waals surface area (Å²) in [4.78, 5) is 2.78. The third-order valence-electron chi connectivity index (χ3n) is 6.16. The summed E-state index contributed by atoms with van der Waals surface area (Å²) in [6, 6.07) is 0.789. The molecule has 3 rings (SSSR count). The Morgan fingerprint density at radius 1 is 1.16 bits per heavy atom. The normalized spacial score (nSPS) is 32.7. The summed E-state index contributed by atoms with van der Waals surface area (Å²) in [6.07, 6.45) is 10.3. The van der Waals surface area contributed by atoms with Crippen molar-refractivity contribution in [2.45, 2.75) is 64.8 Å². The number of rotatable bonds is 4. The molecule has 0 amide bonds. The van der Waals surface area contributed by atoms with Gasteiger partial charge in [0.2, 0.25) is 0 Å². The molecule has 2 nitrogen and oxygen atoms in total. The first-order valence-electron chi connectivity index (χ1n) is 8.65. The van der Waals surface area contributed by atoms with Crippen LogP contribution in [0.4, 0.5) is 0 Å². The van der Waals surface area contributed by atoms with Crippen molar-refractivity contribution in [3.63, 3.8) is 0 Å². The maximum absolute atomic E-state index is 3.81. The van der Waals surface area contributed by atoms with E-state index in [9.17, 15) is 0 Å². The van der Waals surface area contributed by atoms with E-state index in [-0.39, 0.29) is 0 Å². The fourth-order valence-corrected chi connectivity index (χ4v) is 4.36. The average molecular weight is 264 g/mol. The molecule has 1 atom stereocenters. The lowest BCUT2D eigenvalue weighted by molar-refractivity contribution is 0.113. The molecule has 0 radical (unpaired) electrons. The van der Waals surface area contributed by atoms with Crippen molar-refractivity contribution in [2.24, 2.45) is 17.3 Å². The van der Waals surface area contributed by atoms with Crippen LogP contribution in [0.25, 0.3) is 0 Å². The second kappa shape index (κ2) is 5.73. The highest BCUT2D eigenvalue weighted by Crippen LogP contribution is 2.52. The lowest BCUT2D eigenvalue weighted by Gasteiger charge is -2.41. The Labute approximate surface area is 119 Å². The minimum Gasteiger partial charge on any atom is -0.311 e. The van der Waals surface area contributed by atoms with Crippen LogP contribution in [0, 0.1) is 17.3 Å². The largest absolute Gasteiger partial charge is 0.311 e. The van der Waals surface area contributed by atoms with Crippen molar-refractivity contribution in [1.29, 1.82) is 0 Å². The van der Waals surface area contributed by atoms with Gasteiger partial charge >= 0.3 is 0 Å². The van der Waals surface area contributed by atoms with Gasteiger partial charge in [0, 0.05) is 32.2 Å². The third kappa shape index (κ3) is 3.16. The Morgan fingerprint density at radius 2 is 1.89 bits per heavy atom. The lowest BCUT2D eigenvalue weighted by Crippen LogP contribution is -2.55. The summed E-state index contributed by atoms with van der Waals surface area (Å²) in [5.41, 5.74) is 0.689. The molecule has 1 heterocycles. The van der Waals surface area contributed by atoms with Gasteiger partial charge in [-0.2, -0.15) is 0 Å². The first-order chi connectivity index (χ1) is 9.20. The van der Waals surface area contributed by atoms with Gasteiger partial charge in [-0.3, -0.25) is 4.90 Å². The molecule has 1 aliphatic heterocycles. The van der Waals surface area contributed by atoms with Crippen LogP contribution in [0.1, 0.15) is 58.8 Å². The smallest absolute Gasteiger partial charge is 0.0223 e. The molecule has 3 fully saturated rings. The maximum atomic E-state index is 3.81. The van der Waals surface area contributed by atoms with Crippen LogP contribution in [0.2, 0.25) is 0 Å². The van der Waals surface area contributed by atoms with E-state index < -0.39 is 0 Å². The van der Waals surface area contributed by atoms with Crippen LogP contribution >= 0.6 is 0 Å². The SMILES string of the molecule is CC(C)C1(CN2CCNC(C3CCCCC3)C2)CC1. The van der Waals surface area contributed by atoms with Crippen molar-refractivity contribution >= 4 is 0 Å². The summed E-state index contributed by atoms with van der Waals surface area (Å²) >= 11 is 0. The molecular weight excluding hydrogens is 232 g/mol. The van der Waals surface area contributed by atoms with E-state index >= 15 is 0 Å². The van der Waals surface area contributed by atoms with E-state index in [0.29, 0.717) is 5.41 Å². The van der Waals surface area contributed by atoms with Crippen LogP contribution < -0.4 is 5.32 Å². The van der Waals surface area contributed by atoms with Crippen molar-refractivity contribution in [3.05, 3.63) is 0 Å². The first-order valence-corrected chi connectivity index (χ1v) is 8.65. The maximum Gasteiger partial charge on any atom is 0.0223 e. The number of hydrogen-bond donors (Lipinski definition) is 1. The molecule has 19 heavy (non-hydrogen) atoms. The summed E-state index contributed by atoms with van der Waals surface area (Å²) < 4.78 is 0. The van der Waals surface area contributed by atoms with Crippen LogP contribution in [-0.4, -0.2) is 37.1 Å². The van der Waals surface area contributed by atoms with Gasteiger partial charge in [0.1, 0.15) is 0 Å². The highest BCUT2D eigenvalue weighted by atomic mass is 15.2. The van der Waals surface area contributed by atoms with Crippen LogP contribution in [0.5, 0.6) is 0 Å². The minimum atomic E-state index is 0.689. The van der Waals surface area contributed by atoms with Crippen LogP contribution in [-0.2, 0) is 0 Å². The first kappa shape index (κ1) is 13.9. The molecule has 0 spiro atoms. The highest BCUT2D eigenvalue weighted by molar-refractivity contribution is 4.99. The van der Waals surface area contributed by atoms with Crippen molar-refractivity contribution < 1.29 is 0 Å². The van der Waals surface area contributed by atoms with Crippen molar-refractivity contribution in [3.8, 4) is 0 Å². The fourth-order valence-electron chi connectivity index (χ4n) is 4.36. The van der Waals surface area contributed by atoms with Crippen LogP contribution in [0.3, 0.4) is 0 Å². The van der Waals surface area contributed by atoms with E-state index in [0.717, 1.165) is 17.9 Å². The average Bonchev–Trinajstić information content (AvgIpc) is 3.21. The summed E-state index contributed by atoms with van der Waals surface area (Å²) in [5, 5.41) is 3.81. The Bertz CT molecular complexity index is 290. The number of piperazine rings is 1. The molecule has 0 bridgehead atoms. The van der Waals surface area contributed by atoms with E-state index in [1.807, 2.05) is 0 Å². The quantitative estimate of drug-likeness (QED) is 0.838. The molecule has 0 aromatic carbocycles. The molecule has 2 heteroatoms. The van der Waals surface area contributed by atoms with Gasteiger partial charge in [0.05, 0.1) is 0 Å². The summed E-state index contributed by atoms with van der Waals surface area (Å²) in [7, 11) is 0. The van der Waals surface area contributed by atoms with E-state index in [1.54, 1.807) is 0 Å². The van der Waals surface area contributed by atoms with Gasteiger partial charge in [-0.1, -0.05) is 33.1 Å². The Hall–Kier alpha value is -0.0800. The van der Waals surface area contributed by atoms with Gasteiger partial charge in [0.15, 0.2) is 0 Å². The molecule has 2 aliphatic carbocycles. The zero-order chi connectivity index (χ0) is 13.3. The molecular formula is C17H32N2. The van der Waals surface area contributed by atoms with Gasteiger partial charge in [-0.25, -0.2) is 0 Å².